The maximum atomic E-state index is 12.8. The standard InChI is InChI=1S/C65H106O6/c1-4-7-10-13-16-19-22-25-27-28-29-30-31-32-33-34-35-36-38-40-43-46-49-52-55-58-64(67)70-61-62(60-69-63(66)57-54-51-48-45-42-39-24-21-18-15-12-9-6-3)71-65(68)59-56-53-50-47-44-41-37-26-23-20-17-14-11-8-5-2/h7-8,10-11,16-17,19-21,24-27,29-30,32-33,35-37,62H,4-6,9,12-15,18,22-23,28,31,34,38-61H2,1-3H3/b10-7-,11-8-,19-16-,20-17-,24-21-,27-25-,30-29-,33-32-,36-35-,37-26-. The molecule has 0 amide bonds. The Bertz CT molecular complexity index is 1500. The van der Waals surface area contributed by atoms with Gasteiger partial charge in [0.1, 0.15) is 13.2 Å². The van der Waals surface area contributed by atoms with Crippen molar-refractivity contribution in [2.45, 2.75) is 258 Å². The van der Waals surface area contributed by atoms with Crippen LogP contribution >= 0.6 is 0 Å². The van der Waals surface area contributed by atoms with Crippen LogP contribution in [-0.4, -0.2) is 37.2 Å². The maximum absolute atomic E-state index is 12.8. The largest absolute Gasteiger partial charge is 0.462 e. The Morgan fingerprint density at radius 3 is 0.873 bits per heavy atom. The third-order valence-electron chi connectivity index (χ3n) is 11.9. The molecule has 0 aliphatic heterocycles. The Balaban J connectivity index is 4.40. The van der Waals surface area contributed by atoms with Crippen LogP contribution in [0.15, 0.2) is 122 Å². The molecule has 1 atom stereocenters. The van der Waals surface area contributed by atoms with E-state index in [1.165, 1.54) is 51.4 Å². The minimum atomic E-state index is -0.800. The molecule has 1 unspecified atom stereocenters. The first-order valence-electron chi connectivity index (χ1n) is 29.0. The lowest BCUT2D eigenvalue weighted by Crippen LogP contribution is -2.30. The van der Waals surface area contributed by atoms with Crippen LogP contribution in [0.25, 0.3) is 0 Å². The van der Waals surface area contributed by atoms with Crippen molar-refractivity contribution >= 4 is 17.9 Å². The minimum Gasteiger partial charge on any atom is -0.462 e. The van der Waals surface area contributed by atoms with E-state index in [0.29, 0.717) is 19.3 Å². The molecule has 0 aromatic carbocycles. The molecule has 0 heterocycles. The van der Waals surface area contributed by atoms with Crippen molar-refractivity contribution < 1.29 is 28.6 Å². The predicted octanol–water partition coefficient (Wildman–Crippen LogP) is 19.6. The topological polar surface area (TPSA) is 78.9 Å². The van der Waals surface area contributed by atoms with Gasteiger partial charge in [0.25, 0.3) is 0 Å². The molecule has 0 radical (unpaired) electrons. The molecule has 0 aromatic rings. The summed E-state index contributed by atoms with van der Waals surface area (Å²) in [4.78, 5) is 38.1. The summed E-state index contributed by atoms with van der Waals surface area (Å²) in [6.07, 6.45) is 80.4. The van der Waals surface area contributed by atoms with Gasteiger partial charge in [-0.3, -0.25) is 14.4 Å². The number of esters is 3. The summed E-state index contributed by atoms with van der Waals surface area (Å²) in [6.45, 7) is 6.36. The van der Waals surface area contributed by atoms with Gasteiger partial charge in [-0.25, -0.2) is 0 Å². The van der Waals surface area contributed by atoms with Gasteiger partial charge in [0.05, 0.1) is 0 Å². The van der Waals surface area contributed by atoms with E-state index in [2.05, 4.69) is 142 Å². The van der Waals surface area contributed by atoms with Crippen LogP contribution < -0.4 is 0 Å². The van der Waals surface area contributed by atoms with Crippen molar-refractivity contribution in [1.82, 2.24) is 0 Å². The number of hydrogen-bond acceptors (Lipinski definition) is 6. The molecule has 0 bridgehead atoms. The second kappa shape index (κ2) is 58.4. The zero-order valence-corrected chi connectivity index (χ0v) is 45.9. The van der Waals surface area contributed by atoms with Crippen LogP contribution in [0.2, 0.25) is 0 Å². The normalized spacial score (nSPS) is 13.0. The highest BCUT2D eigenvalue weighted by atomic mass is 16.6. The molecule has 6 nitrogen and oxygen atoms in total. The first-order chi connectivity index (χ1) is 35.0. The Morgan fingerprint density at radius 1 is 0.296 bits per heavy atom. The minimum absolute atomic E-state index is 0.0968. The monoisotopic (exact) mass is 983 g/mol. The van der Waals surface area contributed by atoms with Gasteiger partial charge in [0, 0.05) is 19.3 Å². The van der Waals surface area contributed by atoms with Crippen molar-refractivity contribution in [2.24, 2.45) is 0 Å². The highest BCUT2D eigenvalue weighted by Gasteiger charge is 2.19. The molecule has 0 N–H and O–H groups in total. The lowest BCUT2D eigenvalue weighted by atomic mass is 10.1. The molecule has 0 fully saturated rings. The van der Waals surface area contributed by atoms with E-state index in [9.17, 15) is 14.4 Å². The van der Waals surface area contributed by atoms with Gasteiger partial charge in [-0.1, -0.05) is 226 Å². The van der Waals surface area contributed by atoms with E-state index >= 15 is 0 Å². The second-order valence-electron chi connectivity index (χ2n) is 18.8. The average molecular weight is 984 g/mol. The zero-order valence-electron chi connectivity index (χ0n) is 45.9. The lowest BCUT2D eigenvalue weighted by Gasteiger charge is -2.18. The van der Waals surface area contributed by atoms with Crippen LogP contribution in [0.5, 0.6) is 0 Å². The van der Waals surface area contributed by atoms with Gasteiger partial charge in [-0.15, -0.1) is 0 Å². The molecule has 0 saturated heterocycles. The summed E-state index contributed by atoms with van der Waals surface area (Å²) >= 11 is 0. The van der Waals surface area contributed by atoms with E-state index in [1.807, 2.05) is 0 Å². The Labute approximate surface area is 437 Å². The van der Waals surface area contributed by atoms with Crippen LogP contribution in [0.1, 0.15) is 252 Å². The van der Waals surface area contributed by atoms with Gasteiger partial charge < -0.3 is 14.2 Å². The SMILES string of the molecule is CC/C=C\C/C=C\C/C=C\C/C=C\C/C=C\C/C=C\CCCCCCCCC(=O)OCC(COC(=O)CCCCCCC/C=C\CCCCCC)OC(=O)CCCCCCC/C=C\C/C=C\C/C=C\CC. The van der Waals surface area contributed by atoms with Crippen molar-refractivity contribution in [2.75, 3.05) is 13.2 Å². The number of hydrogen-bond donors (Lipinski definition) is 0. The first kappa shape index (κ1) is 66.8. The Kier molecular flexibility index (Phi) is 54.9. The molecule has 71 heavy (non-hydrogen) atoms. The van der Waals surface area contributed by atoms with Crippen molar-refractivity contribution in [3.8, 4) is 0 Å². The highest BCUT2D eigenvalue weighted by molar-refractivity contribution is 5.71. The van der Waals surface area contributed by atoms with Crippen LogP contribution in [0.3, 0.4) is 0 Å². The predicted molar refractivity (Wildman–Crippen MR) is 306 cm³/mol. The van der Waals surface area contributed by atoms with Gasteiger partial charge >= 0.3 is 17.9 Å². The zero-order chi connectivity index (χ0) is 51.4. The molecule has 402 valence electrons. The lowest BCUT2D eigenvalue weighted by molar-refractivity contribution is -0.167. The van der Waals surface area contributed by atoms with Crippen molar-refractivity contribution in [3.05, 3.63) is 122 Å². The highest BCUT2D eigenvalue weighted by Crippen LogP contribution is 2.14. The number of rotatable bonds is 51. The molecule has 6 heteroatoms. The molecule has 0 aliphatic carbocycles. The first-order valence-corrected chi connectivity index (χ1v) is 29.0. The molecular weight excluding hydrogens is 877 g/mol. The van der Waals surface area contributed by atoms with E-state index in [0.717, 1.165) is 161 Å². The third kappa shape index (κ3) is 56.6. The van der Waals surface area contributed by atoms with E-state index in [1.54, 1.807) is 0 Å². The molecule has 0 saturated carbocycles. The number of carbonyl (C=O) groups is 3. The quantitative estimate of drug-likeness (QED) is 0.0261. The van der Waals surface area contributed by atoms with Crippen molar-refractivity contribution in [3.63, 3.8) is 0 Å². The maximum Gasteiger partial charge on any atom is 0.306 e. The number of ether oxygens (including phenoxy) is 3. The fraction of sp³-hybridized carbons (Fsp3) is 0.646. The summed E-state index contributed by atoms with van der Waals surface area (Å²) in [5.74, 6) is -0.939. The Hall–Kier alpha value is -4.19. The number of allylic oxidation sites excluding steroid dienone is 20. The summed E-state index contributed by atoms with van der Waals surface area (Å²) in [5.41, 5.74) is 0. The summed E-state index contributed by atoms with van der Waals surface area (Å²) in [5, 5.41) is 0. The van der Waals surface area contributed by atoms with Crippen molar-refractivity contribution in [1.29, 1.82) is 0 Å². The molecule has 0 aromatic heterocycles. The fourth-order valence-electron chi connectivity index (χ4n) is 7.63. The van der Waals surface area contributed by atoms with Gasteiger partial charge in [0.2, 0.25) is 0 Å². The molecule has 0 aliphatic rings. The molecule has 0 rings (SSSR count). The van der Waals surface area contributed by atoms with Gasteiger partial charge in [0.15, 0.2) is 6.10 Å². The number of unbranched alkanes of at least 4 members (excludes halogenated alkanes) is 20. The fourth-order valence-corrected chi connectivity index (χ4v) is 7.63. The van der Waals surface area contributed by atoms with E-state index in [-0.39, 0.29) is 31.1 Å². The van der Waals surface area contributed by atoms with Gasteiger partial charge in [-0.05, 0) is 128 Å². The second-order valence-corrected chi connectivity index (χ2v) is 18.8. The third-order valence-corrected chi connectivity index (χ3v) is 11.9. The average Bonchev–Trinajstić information content (AvgIpc) is 3.37. The van der Waals surface area contributed by atoms with Crippen LogP contribution in [-0.2, 0) is 28.6 Å². The van der Waals surface area contributed by atoms with Crippen LogP contribution in [0.4, 0.5) is 0 Å². The molecule has 0 spiro atoms. The smallest absolute Gasteiger partial charge is 0.306 e. The van der Waals surface area contributed by atoms with E-state index < -0.39 is 6.10 Å². The summed E-state index contributed by atoms with van der Waals surface area (Å²) in [7, 11) is 0. The molecular formula is C65H106O6. The van der Waals surface area contributed by atoms with Gasteiger partial charge in [-0.2, -0.15) is 0 Å². The Morgan fingerprint density at radius 2 is 0.549 bits per heavy atom. The van der Waals surface area contributed by atoms with E-state index in [4.69, 9.17) is 14.2 Å². The van der Waals surface area contributed by atoms with Crippen LogP contribution in [0, 0.1) is 0 Å². The summed E-state index contributed by atoms with van der Waals surface area (Å²) in [6, 6.07) is 0. The number of carbonyl (C=O) groups excluding carboxylic acids is 3. The summed E-state index contributed by atoms with van der Waals surface area (Å²) < 4.78 is 16.8.